The Kier molecular flexibility index (Phi) is 2.63. The van der Waals surface area contributed by atoms with Crippen molar-refractivity contribution in [1.29, 1.82) is 0 Å². The molecule has 2 rings (SSSR count). The third kappa shape index (κ3) is 1.85. The van der Waals surface area contributed by atoms with Crippen molar-refractivity contribution in [1.82, 2.24) is 4.98 Å². The Balaban J connectivity index is 2.12. The Morgan fingerprint density at radius 1 is 1.64 bits per heavy atom. The number of nitrogens with one attached hydrogen (secondary N) is 1. The summed E-state index contributed by atoms with van der Waals surface area (Å²) in [6.07, 6.45) is 2.53. The zero-order valence-electron chi connectivity index (χ0n) is 7.92. The van der Waals surface area contributed by atoms with Gasteiger partial charge >= 0.3 is 5.97 Å². The van der Waals surface area contributed by atoms with E-state index in [1.54, 1.807) is 6.07 Å². The van der Waals surface area contributed by atoms with Gasteiger partial charge in [0.15, 0.2) is 0 Å². The van der Waals surface area contributed by atoms with E-state index in [1.165, 1.54) is 20.0 Å². The number of carbonyl (C=O) groups is 1. The highest BCUT2D eigenvalue weighted by molar-refractivity contribution is 9.09. The normalized spacial score (nSPS) is 17.9. The number of H-pyrrole nitrogens is 1. The number of carbonyl (C=O) groups excluding carboxylic acids is 1. The van der Waals surface area contributed by atoms with Crippen molar-refractivity contribution in [3.05, 3.63) is 23.5 Å². The summed E-state index contributed by atoms with van der Waals surface area (Å²) in [4.78, 5) is 14.6. The number of ether oxygens (including phenoxy) is 1. The van der Waals surface area contributed by atoms with E-state index in [-0.39, 0.29) is 5.97 Å². The van der Waals surface area contributed by atoms with Crippen LogP contribution in [0.3, 0.4) is 0 Å². The van der Waals surface area contributed by atoms with Crippen LogP contribution in [0, 0.1) is 5.92 Å². The second kappa shape index (κ2) is 3.77. The molecular weight excluding hydrogens is 246 g/mol. The minimum absolute atomic E-state index is 0.313. The number of rotatable bonds is 3. The summed E-state index contributed by atoms with van der Waals surface area (Å²) < 4.78 is 4.62. The quantitative estimate of drug-likeness (QED) is 0.669. The molecule has 0 aliphatic heterocycles. The molecule has 1 aliphatic carbocycles. The SMILES string of the molecule is COC(=O)c1ccc(C(Br)C2CC2)[nH]1. The summed E-state index contributed by atoms with van der Waals surface area (Å²) in [7, 11) is 1.38. The Morgan fingerprint density at radius 2 is 2.36 bits per heavy atom. The number of methoxy groups -OCH3 is 1. The lowest BCUT2D eigenvalue weighted by Crippen LogP contribution is -2.02. The topological polar surface area (TPSA) is 42.1 Å². The van der Waals surface area contributed by atoms with E-state index in [4.69, 9.17) is 0 Å². The molecule has 1 unspecified atom stereocenters. The predicted molar refractivity (Wildman–Crippen MR) is 56.5 cm³/mol. The summed E-state index contributed by atoms with van der Waals surface area (Å²) in [5.74, 6) is 0.408. The van der Waals surface area contributed by atoms with Crippen LogP contribution in [0.15, 0.2) is 12.1 Å². The Hall–Kier alpha value is -0.770. The molecule has 4 heteroatoms. The number of hydrogen-bond donors (Lipinski definition) is 1. The number of aromatic amines is 1. The van der Waals surface area contributed by atoms with Crippen LogP contribution in [0.5, 0.6) is 0 Å². The van der Waals surface area contributed by atoms with Crippen LogP contribution in [0.1, 0.15) is 33.9 Å². The van der Waals surface area contributed by atoms with E-state index < -0.39 is 0 Å². The fourth-order valence-electron chi connectivity index (χ4n) is 1.44. The van der Waals surface area contributed by atoms with E-state index in [0.29, 0.717) is 10.5 Å². The lowest BCUT2D eigenvalue weighted by Gasteiger charge is -2.04. The fourth-order valence-corrected chi connectivity index (χ4v) is 2.24. The molecule has 1 saturated carbocycles. The minimum atomic E-state index is -0.313. The van der Waals surface area contributed by atoms with Crippen molar-refractivity contribution < 1.29 is 9.53 Å². The van der Waals surface area contributed by atoms with Crippen LogP contribution in [0.25, 0.3) is 0 Å². The lowest BCUT2D eigenvalue weighted by atomic mass is 10.2. The van der Waals surface area contributed by atoms with Gasteiger partial charge in [-0.25, -0.2) is 4.79 Å². The van der Waals surface area contributed by atoms with Gasteiger partial charge in [0.05, 0.1) is 11.9 Å². The van der Waals surface area contributed by atoms with Crippen molar-refractivity contribution in [2.24, 2.45) is 5.92 Å². The molecule has 1 heterocycles. The van der Waals surface area contributed by atoms with Crippen molar-refractivity contribution in [3.8, 4) is 0 Å². The first kappa shape index (κ1) is 9.77. The zero-order chi connectivity index (χ0) is 10.1. The lowest BCUT2D eigenvalue weighted by molar-refractivity contribution is 0.0594. The summed E-state index contributed by atoms with van der Waals surface area (Å²) in [5, 5.41) is 0. The first-order chi connectivity index (χ1) is 6.72. The summed E-state index contributed by atoms with van der Waals surface area (Å²) >= 11 is 3.61. The molecule has 1 aromatic heterocycles. The molecule has 0 bridgehead atoms. The molecule has 1 N–H and O–H groups in total. The van der Waals surface area contributed by atoms with Gasteiger partial charge < -0.3 is 9.72 Å². The molecule has 14 heavy (non-hydrogen) atoms. The zero-order valence-corrected chi connectivity index (χ0v) is 9.50. The predicted octanol–water partition coefficient (Wildman–Crippen LogP) is 2.65. The van der Waals surface area contributed by atoms with Crippen molar-refractivity contribution in [2.45, 2.75) is 17.7 Å². The molecule has 0 amide bonds. The van der Waals surface area contributed by atoms with Crippen LogP contribution in [-0.2, 0) is 4.74 Å². The highest BCUT2D eigenvalue weighted by Gasteiger charge is 2.31. The van der Waals surface area contributed by atoms with E-state index >= 15 is 0 Å². The van der Waals surface area contributed by atoms with Crippen molar-refractivity contribution in [2.75, 3.05) is 7.11 Å². The number of esters is 1. The van der Waals surface area contributed by atoms with Gasteiger partial charge in [-0.2, -0.15) is 0 Å². The maximum absolute atomic E-state index is 11.2. The van der Waals surface area contributed by atoms with Crippen molar-refractivity contribution >= 4 is 21.9 Å². The summed E-state index contributed by atoms with van der Waals surface area (Å²) in [6, 6.07) is 3.70. The Labute approximate surface area is 91.0 Å². The molecule has 1 aliphatic rings. The monoisotopic (exact) mass is 257 g/mol. The highest BCUT2D eigenvalue weighted by Crippen LogP contribution is 2.45. The average molecular weight is 258 g/mol. The molecule has 76 valence electrons. The van der Waals surface area contributed by atoms with E-state index in [9.17, 15) is 4.79 Å². The molecule has 0 radical (unpaired) electrons. The van der Waals surface area contributed by atoms with E-state index in [0.717, 1.165) is 11.6 Å². The first-order valence-electron chi connectivity index (χ1n) is 4.63. The van der Waals surface area contributed by atoms with Gasteiger partial charge in [0.2, 0.25) is 0 Å². The number of halogens is 1. The minimum Gasteiger partial charge on any atom is -0.464 e. The third-order valence-corrected chi connectivity index (χ3v) is 3.69. The molecule has 1 fully saturated rings. The van der Waals surface area contributed by atoms with Gasteiger partial charge in [-0.3, -0.25) is 0 Å². The van der Waals surface area contributed by atoms with Gasteiger partial charge in [0.1, 0.15) is 5.69 Å². The number of hydrogen-bond acceptors (Lipinski definition) is 2. The molecule has 1 atom stereocenters. The summed E-state index contributed by atoms with van der Waals surface area (Å²) in [6.45, 7) is 0. The molecular formula is C10H12BrNO2. The number of alkyl halides is 1. The first-order valence-corrected chi connectivity index (χ1v) is 5.55. The Bertz CT molecular complexity index is 344. The molecule has 1 aromatic rings. The van der Waals surface area contributed by atoms with Crippen LogP contribution in [0.4, 0.5) is 0 Å². The second-order valence-electron chi connectivity index (χ2n) is 3.56. The standard InChI is InChI=1S/C10H12BrNO2/c1-14-10(13)8-5-4-7(12-8)9(11)6-2-3-6/h4-6,9,12H,2-3H2,1H3. The van der Waals surface area contributed by atoms with E-state index in [1.807, 2.05) is 6.07 Å². The van der Waals surface area contributed by atoms with E-state index in [2.05, 4.69) is 25.7 Å². The molecule has 0 saturated heterocycles. The Morgan fingerprint density at radius 3 is 2.93 bits per heavy atom. The highest BCUT2D eigenvalue weighted by atomic mass is 79.9. The van der Waals surface area contributed by atoms with Gasteiger partial charge in [-0.05, 0) is 30.9 Å². The summed E-state index contributed by atoms with van der Waals surface area (Å²) in [5.41, 5.74) is 1.58. The molecule has 0 spiro atoms. The van der Waals surface area contributed by atoms with Crippen LogP contribution < -0.4 is 0 Å². The van der Waals surface area contributed by atoms with Crippen molar-refractivity contribution in [3.63, 3.8) is 0 Å². The second-order valence-corrected chi connectivity index (χ2v) is 4.54. The molecule has 0 aromatic carbocycles. The van der Waals surface area contributed by atoms with Gasteiger partial charge in [0, 0.05) is 5.69 Å². The molecule has 3 nitrogen and oxygen atoms in total. The smallest absolute Gasteiger partial charge is 0.354 e. The fraction of sp³-hybridized carbons (Fsp3) is 0.500. The maximum Gasteiger partial charge on any atom is 0.354 e. The average Bonchev–Trinajstić information content (AvgIpc) is 2.93. The number of aromatic nitrogens is 1. The van der Waals surface area contributed by atoms with Crippen LogP contribution in [-0.4, -0.2) is 18.1 Å². The van der Waals surface area contributed by atoms with Crippen LogP contribution >= 0.6 is 15.9 Å². The third-order valence-electron chi connectivity index (χ3n) is 2.45. The van der Waals surface area contributed by atoms with Crippen LogP contribution in [0.2, 0.25) is 0 Å². The van der Waals surface area contributed by atoms with Gasteiger partial charge in [-0.15, -0.1) is 0 Å². The van der Waals surface area contributed by atoms with Gasteiger partial charge in [0.25, 0.3) is 0 Å². The maximum atomic E-state index is 11.2. The van der Waals surface area contributed by atoms with Gasteiger partial charge in [-0.1, -0.05) is 15.9 Å². The largest absolute Gasteiger partial charge is 0.464 e.